The number of unbranched alkanes of at least 4 members (excludes halogenated alkanes) is 1. The predicted molar refractivity (Wildman–Crippen MR) is 121 cm³/mol. The predicted octanol–water partition coefficient (Wildman–Crippen LogP) is 5.03. The van der Waals surface area contributed by atoms with Crippen molar-refractivity contribution in [3.63, 3.8) is 0 Å². The molecular weight excluding hydrogens is 356 g/mol. The van der Waals surface area contributed by atoms with Crippen molar-refractivity contribution in [3.8, 4) is 11.8 Å². The van der Waals surface area contributed by atoms with E-state index in [0.717, 1.165) is 18.4 Å². The molecule has 1 unspecified atom stereocenters. The van der Waals surface area contributed by atoms with E-state index in [1.165, 1.54) is 10.4 Å². The molecule has 0 aromatic heterocycles. The first-order valence-electron chi connectivity index (χ1n) is 9.76. The summed E-state index contributed by atoms with van der Waals surface area (Å²) in [5.74, 6) is 6.68. The topological polar surface area (TPSA) is 9.23 Å². The summed E-state index contributed by atoms with van der Waals surface area (Å²) >= 11 is 0. The van der Waals surface area contributed by atoms with E-state index in [4.69, 9.17) is 4.43 Å². The molecule has 3 aromatic carbocycles. The van der Waals surface area contributed by atoms with Crippen molar-refractivity contribution in [2.45, 2.75) is 25.9 Å². The van der Waals surface area contributed by atoms with E-state index < -0.39 is 8.32 Å². The van der Waals surface area contributed by atoms with E-state index in [-0.39, 0.29) is 6.10 Å². The Bertz CT molecular complexity index is 884. The van der Waals surface area contributed by atoms with Crippen LogP contribution >= 0.6 is 0 Å². The highest BCUT2D eigenvalue weighted by atomic mass is 28.4. The third kappa shape index (κ3) is 4.51. The highest BCUT2D eigenvalue weighted by molar-refractivity contribution is 7.01. The second kappa shape index (κ2) is 9.89. The summed E-state index contributed by atoms with van der Waals surface area (Å²) in [7, 11) is -2.67. The molecule has 1 nitrogen and oxygen atoms in total. The highest BCUT2D eigenvalue weighted by Gasteiger charge is 2.39. The molecule has 0 saturated heterocycles. The Morgan fingerprint density at radius 2 is 1.36 bits per heavy atom. The normalized spacial score (nSPS) is 11.9. The molecule has 0 heterocycles. The maximum absolute atomic E-state index is 6.94. The zero-order chi connectivity index (χ0) is 19.7. The highest BCUT2D eigenvalue weighted by Crippen LogP contribution is 2.23. The van der Waals surface area contributed by atoms with Gasteiger partial charge in [-0.15, -0.1) is 12.5 Å². The lowest BCUT2D eigenvalue weighted by molar-refractivity contribution is 0.267. The largest absolute Gasteiger partial charge is 0.387 e. The van der Waals surface area contributed by atoms with Crippen LogP contribution in [-0.4, -0.2) is 8.32 Å². The van der Waals surface area contributed by atoms with E-state index in [1.54, 1.807) is 0 Å². The van der Waals surface area contributed by atoms with E-state index in [9.17, 15) is 0 Å². The fraction of sp³-hybridized carbons (Fsp3) is 0.154. The van der Waals surface area contributed by atoms with Gasteiger partial charge in [-0.25, -0.2) is 0 Å². The average molecular weight is 383 g/mol. The molecule has 1 atom stereocenters. The van der Waals surface area contributed by atoms with Gasteiger partial charge in [-0.2, -0.15) is 0 Å². The number of rotatable bonds is 7. The van der Waals surface area contributed by atoms with Gasteiger partial charge in [0.05, 0.1) is 0 Å². The van der Waals surface area contributed by atoms with Gasteiger partial charge < -0.3 is 4.43 Å². The number of benzene rings is 3. The number of hydrogen-bond acceptors (Lipinski definition) is 1. The van der Waals surface area contributed by atoms with Gasteiger partial charge in [-0.1, -0.05) is 110 Å². The Hall–Kier alpha value is -2.86. The monoisotopic (exact) mass is 382 g/mol. The van der Waals surface area contributed by atoms with Crippen molar-refractivity contribution in [2.24, 2.45) is 0 Å². The second-order valence-electron chi connectivity index (χ2n) is 6.65. The summed E-state index contributed by atoms with van der Waals surface area (Å²) < 4.78 is 6.94. The van der Waals surface area contributed by atoms with Crippen LogP contribution < -0.4 is 10.4 Å². The molecule has 0 N–H and O–H groups in total. The maximum Gasteiger partial charge on any atom is 0.282 e. The first-order valence-corrected chi connectivity index (χ1v) is 11.7. The third-order valence-electron chi connectivity index (χ3n) is 4.71. The summed E-state index contributed by atoms with van der Waals surface area (Å²) in [5, 5.41) is 2.35. The lowest BCUT2D eigenvalue weighted by Crippen LogP contribution is -2.60. The van der Waals surface area contributed by atoms with Crippen molar-refractivity contribution in [1.29, 1.82) is 0 Å². The Balaban J connectivity index is 2.11. The van der Waals surface area contributed by atoms with Crippen LogP contribution in [0.5, 0.6) is 0 Å². The zero-order valence-corrected chi connectivity index (χ0v) is 17.3. The Morgan fingerprint density at radius 1 is 0.857 bits per heavy atom. The van der Waals surface area contributed by atoms with E-state index in [0.29, 0.717) is 0 Å². The van der Waals surface area contributed by atoms with E-state index in [1.807, 2.05) is 36.0 Å². The van der Waals surface area contributed by atoms with Crippen LogP contribution in [0.4, 0.5) is 0 Å². The molecule has 140 valence electrons. The molecule has 3 aromatic rings. The van der Waals surface area contributed by atoms with Crippen LogP contribution in [0.15, 0.2) is 103 Å². The van der Waals surface area contributed by atoms with Crippen LogP contribution in [0.25, 0.3) is 0 Å². The molecule has 0 saturated carbocycles. The van der Waals surface area contributed by atoms with Crippen LogP contribution in [0, 0.1) is 11.8 Å². The van der Waals surface area contributed by atoms with Gasteiger partial charge in [0.25, 0.3) is 8.32 Å². The molecule has 0 spiro atoms. The van der Waals surface area contributed by atoms with Crippen molar-refractivity contribution in [1.82, 2.24) is 0 Å². The zero-order valence-electron chi connectivity index (χ0n) is 16.3. The molecular formula is C26H26OSi. The molecule has 0 radical (unpaired) electrons. The Morgan fingerprint density at radius 3 is 1.82 bits per heavy atom. The average Bonchev–Trinajstić information content (AvgIpc) is 2.78. The summed E-state index contributed by atoms with van der Waals surface area (Å²) in [6, 6.07) is 31.2. The minimum absolute atomic E-state index is 0.294. The number of hydrogen-bond donors (Lipinski definition) is 0. The minimum Gasteiger partial charge on any atom is -0.387 e. The Kier molecular flexibility index (Phi) is 7.03. The molecule has 0 aliphatic rings. The van der Waals surface area contributed by atoms with Gasteiger partial charge in [0, 0.05) is 6.42 Å². The third-order valence-corrected chi connectivity index (χ3v) is 8.27. The van der Waals surface area contributed by atoms with Crippen LogP contribution in [0.2, 0.25) is 0 Å². The van der Waals surface area contributed by atoms with E-state index in [2.05, 4.69) is 86.0 Å². The minimum atomic E-state index is -2.67. The first kappa shape index (κ1) is 19.9. The van der Waals surface area contributed by atoms with Crippen LogP contribution in [0.1, 0.15) is 31.4 Å². The molecule has 3 rings (SSSR count). The molecule has 28 heavy (non-hydrogen) atoms. The smallest absolute Gasteiger partial charge is 0.282 e. The summed E-state index contributed by atoms with van der Waals surface area (Å²) in [5.41, 5.74) is 3.10. The molecule has 0 fully saturated rings. The lowest BCUT2D eigenvalue weighted by atomic mass is 10.1. The van der Waals surface area contributed by atoms with Crippen LogP contribution in [0.3, 0.4) is 0 Å². The van der Waals surface area contributed by atoms with Gasteiger partial charge in [0.2, 0.25) is 0 Å². The van der Waals surface area contributed by atoms with E-state index >= 15 is 0 Å². The Labute approximate surface area is 169 Å². The summed E-state index contributed by atoms with van der Waals surface area (Å²) in [6.07, 6.45) is 1.61. The van der Waals surface area contributed by atoms with Crippen molar-refractivity contribution in [3.05, 3.63) is 109 Å². The van der Waals surface area contributed by atoms with Gasteiger partial charge >= 0.3 is 0 Å². The fourth-order valence-electron chi connectivity index (χ4n) is 3.24. The van der Waals surface area contributed by atoms with Gasteiger partial charge in [0.1, 0.15) is 6.10 Å². The van der Waals surface area contributed by atoms with Gasteiger partial charge in [-0.05, 0) is 22.4 Å². The SMILES string of the molecule is C=C[Si](OC(C#CCCC)c1ccccc1)(c1ccccc1)c1ccccc1. The van der Waals surface area contributed by atoms with Gasteiger partial charge in [0.15, 0.2) is 0 Å². The molecule has 2 heteroatoms. The van der Waals surface area contributed by atoms with Crippen molar-refractivity contribution >= 4 is 18.7 Å². The second-order valence-corrected chi connectivity index (χ2v) is 9.92. The molecule has 0 aliphatic heterocycles. The molecule has 0 aliphatic carbocycles. The lowest BCUT2D eigenvalue weighted by Gasteiger charge is -2.32. The summed E-state index contributed by atoms with van der Waals surface area (Å²) in [4.78, 5) is 0. The van der Waals surface area contributed by atoms with Crippen LogP contribution in [-0.2, 0) is 4.43 Å². The van der Waals surface area contributed by atoms with Crippen molar-refractivity contribution in [2.75, 3.05) is 0 Å². The summed E-state index contributed by atoms with van der Waals surface area (Å²) in [6.45, 7) is 6.36. The maximum atomic E-state index is 6.94. The molecule has 0 bridgehead atoms. The first-order chi connectivity index (χ1) is 13.8. The fourth-order valence-corrected chi connectivity index (χ4v) is 6.36. The van der Waals surface area contributed by atoms with Gasteiger partial charge in [-0.3, -0.25) is 0 Å². The quantitative estimate of drug-likeness (QED) is 0.411. The van der Waals surface area contributed by atoms with Crippen molar-refractivity contribution < 1.29 is 4.43 Å². The standard InChI is InChI=1S/C26H26OSi/c1-3-5-9-22-26(23-16-10-6-11-17-23)27-28(4-2,24-18-12-7-13-19-24)25-20-14-8-15-21-25/h4,6-8,10-21,26H,2-3,5H2,1H3. The molecule has 0 amide bonds.